The van der Waals surface area contributed by atoms with Gasteiger partial charge in [0.05, 0.1) is 0 Å². The third-order valence-corrected chi connectivity index (χ3v) is 3.03. The molecule has 16 heavy (non-hydrogen) atoms. The van der Waals surface area contributed by atoms with Crippen LogP contribution in [-0.2, 0) is 6.42 Å². The van der Waals surface area contributed by atoms with Gasteiger partial charge in [0.2, 0.25) is 0 Å². The maximum Gasteiger partial charge on any atom is 0.123 e. The summed E-state index contributed by atoms with van der Waals surface area (Å²) in [6.07, 6.45) is 1.06. The number of hydrogen-bond acceptors (Lipinski definition) is 1. The third kappa shape index (κ3) is 1.47. The summed E-state index contributed by atoms with van der Waals surface area (Å²) in [5.74, 6) is -0.184. The van der Waals surface area contributed by atoms with Gasteiger partial charge in [-0.25, -0.2) is 4.39 Å². The molecule has 80 valence electrons. The first kappa shape index (κ1) is 9.40. The molecule has 3 rings (SSSR count). The highest BCUT2D eigenvalue weighted by molar-refractivity contribution is 5.69. The summed E-state index contributed by atoms with van der Waals surface area (Å²) >= 11 is 0. The third-order valence-electron chi connectivity index (χ3n) is 3.03. The fourth-order valence-corrected chi connectivity index (χ4v) is 2.23. The summed E-state index contributed by atoms with van der Waals surface area (Å²) in [5, 5.41) is 0. The van der Waals surface area contributed by atoms with E-state index in [2.05, 4.69) is 23.1 Å². The van der Waals surface area contributed by atoms with Gasteiger partial charge in [-0.1, -0.05) is 18.2 Å². The summed E-state index contributed by atoms with van der Waals surface area (Å²) in [7, 11) is 0. The van der Waals surface area contributed by atoms with E-state index in [0.717, 1.165) is 18.7 Å². The number of hydrogen-bond donors (Lipinski definition) is 0. The minimum Gasteiger partial charge on any atom is -0.341 e. The second kappa shape index (κ2) is 3.63. The topological polar surface area (TPSA) is 3.24 Å². The van der Waals surface area contributed by atoms with Gasteiger partial charge >= 0.3 is 0 Å². The normalized spacial score (nSPS) is 13.9. The molecule has 0 unspecified atom stereocenters. The summed E-state index contributed by atoms with van der Waals surface area (Å²) in [5.41, 5.74) is 3.67. The average molecular weight is 213 g/mol. The van der Waals surface area contributed by atoms with Crippen LogP contribution in [0.15, 0.2) is 48.5 Å². The first-order chi connectivity index (χ1) is 7.84. The van der Waals surface area contributed by atoms with E-state index in [-0.39, 0.29) is 5.82 Å². The van der Waals surface area contributed by atoms with Crippen molar-refractivity contribution in [3.05, 3.63) is 59.9 Å². The Labute approximate surface area is 94.1 Å². The van der Waals surface area contributed by atoms with Gasteiger partial charge in [0, 0.05) is 17.9 Å². The van der Waals surface area contributed by atoms with Crippen LogP contribution in [0.1, 0.15) is 5.56 Å². The predicted molar refractivity (Wildman–Crippen MR) is 63.6 cm³/mol. The predicted octanol–water partition coefficient (Wildman–Crippen LogP) is 3.52. The smallest absolute Gasteiger partial charge is 0.123 e. The van der Waals surface area contributed by atoms with E-state index in [4.69, 9.17) is 0 Å². The lowest BCUT2D eigenvalue weighted by atomic mass is 10.2. The lowest BCUT2D eigenvalue weighted by molar-refractivity contribution is 0.628. The number of fused-ring (bicyclic) bond motifs is 1. The van der Waals surface area contributed by atoms with Crippen LogP contribution in [0, 0.1) is 5.82 Å². The zero-order valence-corrected chi connectivity index (χ0v) is 8.86. The molecule has 0 N–H and O–H groups in total. The van der Waals surface area contributed by atoms with Crippen molar-refractivity contribution in [2.45, 2.75) is 6.42 Å². The molecule has 0 amide bonds. The van der Waals surface area contributed by atoms with Gasteiger partial charge in [0.25, 0.3) is 0 Å². The first-order valence-corrected chi connectivity index (χ1v) is 5.45. The van der Waals surface area contributed by atoms with Crippen molar-refractivity contribution in [2.75, 3.05) is 11.4 Å². The summed E-state index contributed by atoms with van der Waals surface area (Å²) < 4.78 is 12.9. The summed E-state index contributed by atoms with van der Waals surface area (Å²) in [6, 6.07) is 15.1. The Morgan fingerprint density at radius 2 is 1.69 bits per heavy atom. The molecule has 1 aliphatic rings. The van der Waals surface area contributed by atoms with E-state index >= 15 is 0 Å². The molecule has 1 heterocycles. The number of benzene rings is 2. The SMILES string of the molecule is Fc1ccc(N2CCc3ccccc32)cc1. The van der Waals surface area contributed by atoms with Gasteiger partial charge in [0.15, 0.2) is 0 Å². The van der Waals surface area contributed by atoms with E-state index in [0.29, 0.717) is 0 Å². The number of rotatable bonds is 1. The molecule has 2 aromatic rings. The number of para-hydroxylation sites is 1. The second-order valence-corrected chi connectivity index (χ2v) is 4.01. The van der Waals surface area contributed by atoms with Crippen molar-refractivity contribution in [2.24, 2.45) is 0 Å². The number of halogens is 1. The Morgan fingerprint density at radius 1 is 0.938 bits per heavy atom. The van der Waals surface area contributed by atoms with Crippen molar-refractivity contribution in [3.8, 4) is 0 Å². The largest absolute Gasteiger partial charge is 0.341 e. The van der Waals surface area contributed by atoms with Gasteiger partial charge in [-0.3, -0.25) is 0 Å². The summed E-state index contributed by atoms with van der Waals surface area (Å²) in [6.45, 7) is 0.977. The minimum absolute atomic E-state index is 0.184. The Kier molecular flexibility index (Phi) is 2.13. The van der Waals surface area contributed by atoms with Crippen molar-refractivity contribution in [1.82, 2.24) is 0 Å². The van der Waals surface area contributed by atoms with Crippen LogP contribution in [0.2, 0.25) is 0 Å². The van der Waals surface area contributed by atoms with Crippen molar-refractivity contribution in [1.29, 1.82) is 0 Å². The molecule has 2 heteroatoms. The number of anilines is 2. The van der Waals surface area contributed by atoms with Crippen molar-refractivity contribution < 1.29 is 4.39 Å². The maximum atomic E-state index is 12.9. The van der Waals surface area contributed by atoms with E-state index in [9.17, 15) is 4.39 Å². The van der Waals surface area contributed by atoms with Crippen molar-refractivity contribution in [3.63, 3.8) is 0 Å². The van der Waals surface area contributed by atoms with Crippen LogP contribution in [0.4, 0.5) is 15.8 Å². The number of nitrogens with zero attached hydrogens (tertiary/aromatic N) is 1. The minimum atomic E-state index is -0.184. The molecule has 0 spiro atoms. The Balaban J connectivity index is 2.01. The Hall–Kier alpha value is -1.83. The van der Waals surface area contributed by atoms with Crippen LogP contribution >= 0.6 is 0 Å². The zero-order valence-electron chi connectivity index (χ0n) is 8.86. The van der Waals surface area contributed by atoms with Gasteiger partial charge in [-0.05, 0) is 42.3 Å². The lowest BCUT2D eigenvalue weighted by Gasteiger charge is -2.19. The van der Waals surface area contributed by atoms with E-state index in [1.807, 2.05) is 18.2 Å². The average Bonchev–Trinajstić information content (AvgIpc) is 2.74. The van der Waals surface area contributed by atoms with E-state index < -0.39 is 0 Å². The second-order valence-electron chi connectivity index (χ2n) is 4.01. The van der Waals surface area contributed by atoms with Crippen LogP contribution < -0.4 is 4.90 Å². The molecular weight excluding hydrogens is 201 g/mol. The molecule has 0 saturated heterocycles. The molecule has 0 saturated carbocycles. The molecule has 0 fully saturated rings. The molecule has 0 atom stereocenters. The lowest BCUT2D eigenvalue weighted by Crippen LogP contribution is -2.12. The van der Waals surface area contributed by atoms with Gasteiger partial charge < -0.3 is 4.90 Å². The highest BCUT2D eigenvalue weighted by Crippen LogP contribution is 2.33. The fourth-order valence-electron chi connectivity index (χ4n) is 2.23. The Morgan fingerprint density at radius 3 is 2.50 bits per heavy atom. The molecule has 1 aliphatic heterocycles. The Bertz CT molecular complexity index is 504. The molecule has 0 aromatic heterocycles. The van der Waals surface area contributed by atoms with Gasteiger partial charge in [-0.2, -0.15) is 0 Å². The highest BCUT2D eigenvalue weighted by atomic mass is 19.1. The molecule has 0 radical (unpaired) electrons. The zero-order chi connectivity index (χ0) is 11.0. The molecule has 2 aromatic carbocycles. The quantitative estimate of drug-likeness (QED) is 0.700. The molecular formula is C14H12FN. The van der Waals surface area contributed by atoms with Gasteiger partial charge in [0.1, 0.15) is 5.82 Å². The highest BCUT2D eigenvalue weighted by Gasteiger charge is 2.19. The van der Waals surface area contributed by atoms with Crippen LogP contribution in [-0.4, -0.2) is 6.54 Å². The fraction of sp³-hybridized carbons (Fsp3) is 0.143. The standard InChI is InChI=1S/C14H12FN/c15-12-5-7-13(8-6-12)16-10-9-11-3-1-2-4-14(11)16/h1-8H,9-10H2. The first-order valence-electron chi connectivity index (χ1n) is 5.45. The van der Waals surface area contributed by atoms with Crippen molar-refractivity contribution >= 4 is 11.4 Å². The van der Waals surface area contributed by atoms with Crippen LogP contribution in [0.5, 0.6) is 0 Å². The molecule has 1 nitrogen and oxygen atoms in total. The molecule has 0 bridgehead atoms. The van der Waals surface area contributed by atoms with Crippen LogP contribution in [0.3, 0.4) is 0 Å². The van der Waals surface area contributed by atoms with E-state index in [1.165, 1.54) is 23.4 Å². The van der Waals surface area contributed by atoms with Crippen LogP contribution in [0.25, 0.3) is 0 Å². The summed E-state index contributed by atoms with van der Waals surface area (Å²) in [4.78, 5) is 2.23. The molecule has 0 aliphatic carbocycles. The maximum absolute atomic E-state index is 12.9. The van der Waals surface area contributed by atoms with Gasteiger partial charge in [-0.15, -0.1) is 0 Å². The monoisotopic (exact) mass is 213 g/mol. The van der Waals surface area contributed by atoms with E-state index in [1.54, 1.807) is 0 Å².